The molecule has 0 fully saturated rings. The number of benzene rings is 1. The fraction of sp³-hybridized carbons (Fsp3) is 0.294. The van der Waals surface area contributed by atoms with Gasteiger partial charge in [-0.25, -0.2) is 0 Å². The van der Waals surface area contributed by atoms with Gasteiger partial charge in [-0.2, -0.15) is 0 Å². The maximum atomic E-state index is 5.79. The molecule has 0 aliphatic rings. The lowest BCUT2D eigenvalue weighted by atomic mass is 10.2. The number of hydrogen-bond acceptors (Lipinski definition) is 6. The smallest absolute Gasteiger partial charge is 0.283 e. The van der Waals surface area contributed by atoms with Gasteiger partial charge >= 0.3 is 0 Å². The van der Waals surface area contributed by atoms with Crippen LogP contribution in [0.1, 0.15) is 11.5 Å². The van der Waals surface area contributed by atoms with E-state index in [0.29, 0.717) is 30.7 Å². The molecule has 0 spiro atoms. The van der Waals surface area contributed by atoms with Gasteiger partial charge in [-0.3, -0.25) is 4.90 Å². The van der Waals surface area contributed by atoms with Gasteiger partial charge in [0.2, 0.25) is 5.89 Å². The van der Waals surface area contributed by atoms with Crippen molar-refractivity contribution in [3.8, 4) is 17.4 Å². The van der Waals surface area contributed by atoms with Crippen molar-refractivity contribution in [2.45, 2.75) is 13.5 Å². The van der Waals surface area contributed by atoms with Crippen molar-refractivity contribution >= 4 is 0 Å². The van der Waals surface area contributed by atoms with Gasteiger partial charge < -0.3 is 13.6 Å². The van der Waals surface area contributed by atoms with Crippen LogP contribution in [0.2, 0.25) is 0 Å². The van der Waals surface area contributed by atoms with E-state index in [1.807, 2.05) is 38.2 Å². The minimum Gasteiger partial charge on any atom is -0.492 e. The first-order valence-electron chi connectivity index (χ1n) is 7.45. The summed E-state index contributed by atoms with van der Waals surface area (Å²) in [5.74, 6) is 2.44. The molecule has 0 aliphatic heterocycles. The lowest BCUT2D eigenvalue weighted by Gasteiger charge is -2.15. The zero-order chi connectivity index (χ0) is 16.1. The minimum atomic E-state index is 0.398. The maximum Gasteiger partial charge on any atom is 0.283 e. The Morgan fingerprint density at radius 1 is 1.13 bits per heavy atom. The summed E-state index contributed by atoms with van der Waals surface area (Å²) in [5, 5.41) is 8.02. The minimum absolute atomic E-state index is 0.398. The van der Waals surface area contributed by atoms with Crippen molar-refractivity contribution in [2.24, 2.45) is 0 Å². The Bertz CT molecular complexity index is 737. The average molecular weight is 313 g/mol. The molecule has 2 heterocycles. The second-order valence-electron chi connectivity index (χ2n) is 5.33. The summed E-state index contributed by atoms with van der Waals surface area (Å²) in [4.78, 5) is 2.07. The number of aryl methyl sites for hydroxylation is 1. The third kappa shape index (κ3) is 3.98. The summed E-state index contributed by atoms with van der Waals surface area (Å²) in [5.41, 5.74) is 1.13. The predicted octanol–water partition coefficient (Wildman–Crippen LogP) is 3.15. The zero-order valence-corrected chi connectivity index (χ0v) is 13.2. The van der Waals surface area contributed by atoms with E-state index in [0.717, 1.165) is 17.9 Å². The topological polar surface area (TPSA) is 64.5 Å². The standard InChI is InChI=1S/C17H19N3O3/c1-13-6-3-4-7-14(13)22-11-9-20(2)12-16-18-19-17(23-16)15-8-5-10-21-15/h3-8,10H,9,11-12H2,1-2H3. The van der Waals surface area contributed by atoms with Crippen LogP contribution in [0.4, 0.5) is 0 Å². The van der Waals surface area contributed by atoms with Crippen molar-refractivity contribution in [2.75, 3.05) is 20.2 Å². The van der Waals surface area contributed by atoms with Gasteiger partial charge in [0.1, 0.15) is 12.4 Å². The third-order valence-corrected chi connectivity index (χ3v) is 3.43. The quantitative estimate of drug-likeness (QED) is 0.667. The number of furan rings is 1. The number of para-hydroxylation sites is 1. The summed E-state index contributed by atoms with van der Waals surface area (Å²) in [6.07, 6.45) is 1.58. The van der Waals surface area contributed by atoms with Crippen LogP contribution in [0.15, 0.2) is 51.5 Å². The van der Waals surface area contributed by atoms with Gasteiger partial charge in [0.25, 0.3) is 5.89 Å². The predicted molar refractivity (Wildman–Crippen MR) is 85.0 cm³/mol. The Hall–Kier alpha value is -2.60. The van der Waals surface area contributed by atoms with Gasteiger partial charge in [0.05, 0.1) is 12.8 Å². The average Bonchev–Trinajstić information content (AvgIpc) is 3.20. The second-order valence-corrected chi connectivity index (χ2v) is 5.33. The summed E-state index contributed by atoms with van der Waals surface area (Å²) in [6.45, 7) is 3.95. The molecule has 3 aromatic rings. The Morgan fingerprint density at radius 2 is 2.00 bits per heavy atom. The molecular formula is C17H19N3O3. The lowest BCUT2D eigenvalue weighted by Crippen LogP contribution is -2.24. The highest BCUT2D eigenvalue weighted by atomic mass is 16.5. The molecule has 0 unspecified atom stereocenters. The van der Waals surface area contributed by atoms with Crippen LogP contribution in [0.5, 0.6) is 5.75 Å². The van der Waals surface area contributed by atoms with Crippen LogP contribution in [0.3, 0.4) is 0 Å². The molecule has 23 heavy (non-hydrogen) atoms. The Kier molecular flexibility index (Phi) is 4.73. The van der Waals surface area contributed by atoms with Gasteiger partial charge in [0, 0.05) is 6.54 Å². The van der Waals surface area contributed by atoms with Crippen molar-refractivity contribution in [3.05, 3.63) is 54.1 Å². The number of rotatable bonds is 7. The number of nitrogens with zero attached hydrogens (tertiary/aromatic N) is 3. The van der Waals surface area contributed by atoms with E-state index in [1.165, 1.54) is 0 Å². The van der Waals surface area contributed by atoms with Crippen LogP contribution in [0.25, 0.3) is 11.7 Å². The molecule has 0 bridgehead atoms. The molecule has 1 aromatic carbocycles. The maximum absolute atomic E-state index is 5.79. The Labute approximate surface area is 134 Å². The summed E-state index contributed by atoms with van der Waals surface area (Å²) in [7, 11) is 1.98. The molecule has 0 saturated heterocycles. The lowest BCUT2D eigenvalue weighted by molar-refractivity contribution is 0.219. The van der Waals surface area contributed by atoms with Crippen molar-refractivity contribution < 1.29 is 13.6 Å². The zero-order valence-electron chi connectivity index (χ0n) is 13.2. The number of ether oxygens (including phenoxy) is 1. The molecule has 2 aromatic heterocycles. The highest BCUT2D eigenvalue weighted by Gasteiger charge is 2.12. The third-order valence-electron chi connectivity index (χ3n) is 3.43. The molecule has 0 aliphatic carbocycles. The summed E-state index contributed by atoms with van der Waals surface area (Å²) in [6, 6.07) is 11.6. The molecule has 0 saturated carbocycles. The van der Waals surface area contributed by atoms with E-state index in [4.69, 9.17) is 13.6 Å². The summed E-state index contributed by atoms with van der Waals surface area (Å²) < 4.78 is 16.6. The second kappa shape index (κ2) is 7.11. The molecule has 0 atom stereocenters. The van der Waals surface area contributed by atoms with Gasteiger partial charge in [0.15, 0.2) is 5.76 Å². The van der Waals surface area contributed by atoms with Crippen LogP contribution < -0.4 is 4.74 Å². The van der Waals surface area contributed by atoms with Crippen molar-refractivity contribution in [3.63, 3.8) is 0 Å². The van der Waals surface area contributed by atoms with E-state index in [2.05, 4.69) is 15.1 Å². The van der Waals surface area contributed by atoms with Crippen molar-refractivity contribution in [1.82, 2.24) is 15.1 Å². The molecule has 6 heteroatoms. The molecule has 3 rings (SSSR count). The molecule has 0 amide bonds. The van der Waals surface area contributed by atoms with Crippen LogP contribution in [-0.2, 0) is 6.54 Å². The van der Waals surface area contributed by atoms with Crippen LogP contribution in [0, 0.1) is 6.92 Å². The number of likely N-dealkylation sites (N-methyl/N-ethyl adjacent to an activating group) is 1. The van der Waals surface area contributed by atoms with Gasteiger partial charge in [-0.05, 0) is 37.7 Å². The first kappa shape index (κ1) is 15.3. The van der Waals surface area contributed by atoms with E-state index < -0.39 is 0 Å². The van der Waals surface area contributed by atoms with E-state index in [1.54, 1.807) is 18.4 Å². The van der Waals surface area contributed by atoms with Crippen LogP contribution >= 0.6 is 0 Å². The summed E-state index contributed by atoms with van der Waals surface area (Å²) >= 11 is 0. The Balaban J connectivity index is 1.48. The first-order valence-corrected chi connectivity index (χ1v) is 7.45. The van der Waals surface area contributed by atoms with E-state index in [9.17, 15) is 0 Å². The fourth-order valence-corrected chi connectivity index (χ4v) is 2.16. The van der Waals surface area contributed by atoms with E-state index in [-0.39, 0.29) is 0 Å². The number of hydrogen-bond donors (Lipinski definition) is 0. The normalized spacial score (nSPS) is 11.1. The fourth-order valence-electron chi connectivity index (χ4n) is 2.16. The highest BCUT2D eigenvalue weighted by Crippen LogP contribution is 2.18. The molecule has 0 N–H and O–H groups in total. The van der Waals surface area contributed by atoms with Gasteiger partial charge in [-0.1, -0.05) is 18.2 Å². The van der Waals surface area contributed by atoms with Gasteiger partial charge in [-0.15, -0.1) is 10.2 Å². The molecule has 120 valence electrons. The first-order chi connectivity index (χ1) is 11.2. The monoisotopic (exact) mass is 313 g/mol. The van der Waals surface area contributed by atoms with E-state index >= 15 is 0 Å². The molecule has 6 nitrogen and oxygen atoms in total. The Morgan fingerprint density at radius 3 is 2.78 bits per heavy atom. The van der Waals surface area contributed by atoms with Crippen molar-refractivity contribution in [1.29, 1.82) is 0 Å². The largest absolute Gasteiger partial charge is 0.492 e. The van der Waals surface area contributed by atoms with Crippen LogP contribution in [-0.4, -0.2) is 35.3 Å². The highest BCUT2D eigenvalue weighted by molar-refractivity contribution is 5.42. The molecule has 0 radical (unpaired) electrons. The number of aromatic nitrogens is 2. The molecular weight excluding hydrogens is 294 g/mol. The SMILES string of the molecule is Cc1ccccc1OCCN(C)Cc1nnc(-c2ccco2)o1.